The van der Waals surface area contributed by atoms with Crippen LogP contribution < -0.4 is 0 Å². The Bertz CT molecular complexity index is 1730. The molecule has 4 rings (SSSR count). The molecule has 3 aliphatic carbocycles. The van der Waals surface area contributed by atoms with E-state index in [-0.39, 0.29) is 12.8 Å². The lowest BCUT2D eigenvalue weighted by atomic mass is 9.47. The molecule has 0 spiro atoms. The zero-order valence-electron chi connectivity index (χ0n) is 33.1. The van der Waals surface area contributed by atoms with Gasteiger partial charge in [0, 0.05) is 71.8 Å². The molecule has 14 heteroatoms. The van der Waals surface area contributed by atoms with Crippen LogP contribution in [0.2, 0.25) is 0 Å². The summed E-state index contributed by atoms with van der Waals surface area (Å²) in [5.74, 6) is -7.73. The van der Waals surface area contributed by atoms with Gasteiger partial charge in [-0.25, -0.2) is 4.79 Å². The minimum atomic E-state index is -1.60. The van der Waals surface area contributed by atoms with Crippen LogP contribution in [0.4, 0.5) is 0 Å². The predicted octanol–water partition coefficient (Wildman–Crippen LogP) is 4.85. The molecule has 0 aromatic heterocycles. The predicted molar refractivity (Wildman–Crippen MR) is 194 cm³/mol. The zero-order chi connectivity index (χ0) is 41.0. The van der Waals surface area contributed by atoms with Gasteiger partial charge in [-0.15, -0.1) is 0 Å². The van der Waals surface area contributed by atoms with Crippen molar-refractivity contribution in [1.29, 1.82) is 0 Å². The second-order valence-electron chi connectivity index (χ2n) is 15.3. The Balaban J connectivity index is 2.08. The van der Waals surface area contributed by atoms with Gasteiger partial charge < -0.3 is 33.2 Å². The molecule has 0 saturated heterocycles. The first-order chi connectivity index (χ1) is 25.7. The number of carbonyl (C=O) groups excluding carboxylic acids is 7. The molecule has 55 heavy (non-hydrogen) atoms. The number of fused-ring (bicyclic) bond motifs is 3. The Morgan fingerprint density at radius 3 is 1.82 bits per heavy atom. The Kier molecular flexibility index (Phi) is 13.4. The van der Waals surface area contributed by atoms with E-state index in [1.165, 1.54) is 47.6 Å². The molecule has 1 aromatic carbocycles. The largest absolute Gasteiger partial charge is 0.462 e. The highest BCUT2D eigenvalue weighted by molar-refractivity contribution is 5.87. The van der Waals surface area contributed by atoms with Crippen LogP contribution in [0.5, 0.6) is 0 Å². The lowest BCUT2D eigenvalue weighted by Crippen LogP contribution is -2.70. The van der Waals surface area contributed by atoms with E-state index in [4.69, 9.17) is 33.2 Å². The molecule has 0 amide bonds. The van der Waals surface area contributed by atoms with Crippen LogP contribution in [-0.4, -0.2) is 85.0 Å². The average molecular weight is 769 g/mol. The van der Waals surface area contributed by atoms with Gasteiger partial charge in [-0.3, -0.25) is 28.8 Å². The number of ether oxygens (including phenoxy) is 7. The monoisotopic (exact) mass is 768 g/mol. The zero-order valence-corrected chi connectivity index (χ0v) is 33.1. The van der Waals surface area contributed by atoms with Crippen molar-refractivity contribution in [2.75, 3.05) is 6.61 Å². The fourth-order valence-electron chi connectivity index (χ4n) is 9.21. The molecule has 14 nitrogen and oxygen atoms in total. The summed E-state index contributed by atoms with van der Waals surface area (Å²) in [6, 6.07) is 9.05. The topological polar surface area (TPSA) is 184 Å². The molecule has 0 unspecified atom stereocenters. The standard InChI is InChI=1S/C41H52O14/c1-21-31(50-22(2)42)18-30-37(53-25(5)45)36-29(20-49-34(48)17-16-28-14-12-11-13-15-28)32(51-23(3)43)19-33(52-24(4)44)41(36,10)39(55-27(7)47)38(54-26(6)46)35(21)40(30,8)9/h11-17,29-33,36-39H,18-20H2,1-10H3/b17-16+/t29-,30-,31+,32-,33+,36-,37-,38-,39+,41+/m0/s1. The van der Waals surface area contributed by atoms with Crippen molar-refractivity contribution in [2.45, 2.75) is 119 Å². The van der Waals surface area contributed by atoms with Gasteiger partial charge in [0.25, 0.3) is 0 Å². The molecule has 2 saturated carbocycles. The van der Waals surface area contributed by atoms with E-state index >= 15 is 0 Å². The summed E-state index contributed by atoms with van der Waals surface area (Å²) in [5.41, 5.74) is -0.878. The van der Waals surface area contributed by atoms with Gasteiger partial charge in [-0.1, -0.05) is 51.1 Å². The number of carbonyl (C=O) groups is 7. The molecule has 0 aliphatic heterocycles. The molecule has 0 heterocycles. The second kappa shape index (κ2) is 17.2. The van der Waals surface area contributed by atoms with Gasteiger partial charge >= 0.3 is 41.8 Å². The molecule has 0 radical (unpaired) electrons. The van der Waals surface area contributed by atoms with E-state index in [0.717, 1.165) is 5.56 Å². The van der Waals surface area contributed by atoms with Crippen LogP contribution in [-0.2, 0) is 66.7 Å². The lowest BCUT2D eigenvalue weighted by molar-refractivity contribution is -0.259. The first-order valence-corrected chi connectivity index (χ1v) is 18.3. The number of esters is 7. The lowest BCUT2D eigenvalue weighted by Gasteiger charge is -2.62. The van der Waals surface area contributed by atoms with Gasteiger partial charge in [-0.2, -0.15) is 0 Å². The van der Waals surface area contributed by atoms with Crippen molar-refractivity contribution in [3.05, 3.63) is 53.1 Å². The van der Waals surface area contributed by atoms with E-state index in [9.17, 15) is 33.6 Å². The highest BCUT2D eigenvalue weighted by atomic mass is 16.6. The quantitative estimate of drug-likeness (QED) is 0.136. The smallest absolute Gasteiger partial charge is 0.330 e. The van der Waals surface area contributed by atoms with Crippen molar-refractivity contribution >= 4 is 47.9 Å². The molecular formula is C41H52O14. The Labute approximate surface area is 321 Å². The fourth-order valence-corrected chi connectivity index (χ4v) is 9.21. The fraction of sp³-hybridized carbons (Fsp3) is 0.585. The van der Waals surface area contributed by atoms with Gasteiger partial charge in [0.05, 0.1) is 12.0 Å². The maximum atomic E-state index is 13.3. The minimum Gasteiger partial charge on any atom is -0.462 e. The second-order valence-corrected chi connectivity index (χ2v) is 15.3. The summed E-state index contributed by atoms with van der Waals surface area (Å²) in [7, 11) is 0. The van der Waals surface area contributed by atoms with Crippen molar-refractivity contribution in [3.63, 3.8) is 0 Å². The third-order valence-corrected chi connectivity index (χ3v) is 11.2. The molecule has 1 aromatic rings. The Morgan fingerprint density at radius 2 is 1.27 bits per heavy atom. The highest BCUT2D eigenvalue weighted by Gasteiger charge is 2.69. The van der Waals surface area contributed by atoms with Crippen LogP contribution in [0.3, 0.4) is 0 Å². The number of hydrogen-bond donors (Lipinski definition) is 0. The number of hydrogen-bond acceptors (Lipinski definition) is 14. The molecular weight excluding hydrogens is 716 g/mol. The minimum absolute atomic E-state index is 0.125. The molecule has 3 aliphatic rings. The first-order valence-electron chi connectivity index (χ1n) is 18.3. The van der Waals surface area contributed by atoms with E-state index in [2.05, 4.69) is 0 Å². The van der Waals surface area contributed by atoms with Gasteiger partial charge in [0.15, 0.2) is 12.2 Å². The van der Waals surface area contributed by atoms with Crippen molar-refractivity contribution < 1.29 is 66.7 Å². The van der Waals surface area contributed by atoms with Gasteiger partial charge in [0.1, 0.15) is 24.4 Å². The Morgan fingerprint density at radius 1 is 0.709 bits per heavy atom. The SMILES string of the molecule is CC(=O)O[C@@H]1[C@@H]2[C@@H](COC(=O)/C=C/c3ccccc3)[C@@H](OC(C)=O)C[C@@H](OC(C)=O)[C@@]2(C)[C@H](OC(C)=O)[C@@H](OC(C)=O)C2=C(C)[C@H](OC(C)=O)C[C@@H]1C2(C)C. The third-order valence-electron chi connectivity index (χ3n) is 11.2. The van der Waals surface area contributed by atoms with E-state index < -0.39 is 114 Å². The van der Waals surface area contributed by atoms with Gasteiger partial charge in [0.2, 0.25) is 0 Å². The molecule has 2 bridgehead atoms. The Hall–Kier alpha value is -5.01. The third kappa shape index (κ3) is 9.45. The molecule has 0 N–H and O–H groups in total. The number of benzene rings is 1. The van der Waals surface area contributed by atoms with Crippen LogP contribution in [0.1, 0.15) is 87.6 Å². The van der Waals surface area contributed by atoms with E-state index in [1.54, 1.807) is 32.1 Å². The van der Waals surface area contributed by atoms with Crippen LogP contribution in [0, 0.1) is 28.6 Å². The highest BCUT2D eigenvalue weighted by Crippen LogP contribution is 2.62. The van der Waals surface area contributed by atoms with Crippen LogP contribution in [0.25, 0.3) is 6.08 Å². The van der Waals surface area contributed by atoms with E-state index in [1.807, 2.05) is 32.0 Å². The average Bonchev–Trinajstić information content (AvgIpc) is 3.06. The first kappa shape index (κ1) is 42.7. The summed E-state index contributed by atoms with van der Waals surface area (Å²) < 4.78 is 42.2. The maximum absolute atomic E-state index is 13.3. The molecule has 2 fully saturated rings. The summed E-state index contributed by atoms with van der Waals surface area (Å²) >= 11 is 0. The van der Waals surface area contributed by atoms with Crippen LogP contribution >= 0.6 is 0 Å². The summed E-state index contributed by atoms with van der Waals surface area (Å²) in [4.78, 5) is 90.9. The summed E-state index contributed by atoms with van der Waals surface area (Å²) in [6.45, 7) is 14.0. The maximum Gasteiger partial charge on any atom is 0.330 e. The normalized spacial score (nSPS) is 31.1. The summed E-state index contributed by atoms with van der Waals surface area (Å²) in [6.07, 6.45) is -4.38. The summed E-state index contributed by atoms with van der Waals surface area (Å²) in [5, 5.41) is 0. The van der Waals surface area contributed by atoms with Crippen molar-refractivity contribution in [3.8, 4) is 0 Å². The van der Waals surface area contributed by atoms with Crippen molar-refractivity contribution in [2.24, 2.45) is 28.6 Å². The number of rotatable bonds is 10. The molecule has 10 atom stereocenters. The van der Waals surface area contributed by atoms with Crippen LogP contribution in [0.15, 0.2) is 47.6 Å². The molecule has 300 valence electrons. The van der Waals surface area contributed by atoms with Gasteiger partial charge in [-0.05, 0) is 41.5 Å². The van der Waals surface area contributed by atoms with Crippen molar-refractivity contribution in [1.82, 2.24) is 0 Å². The van der Waals surface area contributed by atoms with E-state index in [0.29, 0.717) is 11.1 Å².